The monoisotopic (exact) mass is 308 g/mol. The van der Waals surface area contributed by atoms with Crippen LogP contribution in [0.3, 0.4) is 0 Å². The van der Waals surface area contributed by atoms with E-state index >= 15 is 0 Å². The Kier molecular flexibility index (Phi) is 4.15. The van der Waals surface area contributed by atoms with Crippen molar-refractivity contribution in [3.05, 3.63) is 59.1 Å². The Morgan fingerprint density at radius 1 is 1.48 bits per heavy atom. The van der Waals surface area contributed by atoms with Crippen LogP contribution in [0.4, 0.5) is 0 Å². The highest BCUT2D eigenvalue weighted by molar-refractivity contribution is 6.01. The molecule has 0 saturated heterocycles. The molecule has 23 heavy (non-hydrogen) atoms. The molecule has 0 bridgehead atoms. The van der Waals surface area contributed by atoms with Gasteiger partial charge in [-0.05, 0) is 48.4 Å². The summed E-state index contributed by atoms with van der Waals surface area (Å²) in [5, 5.41) is 11.9. The first-order chi connectivity index (χ1) is 11.2. The van der Waals surface area contributed by atoms with E-state index in [0.29, 0.717) is 5.76 Å². The summed E-state index contributed by atoms with van der Waals surface area (Å²) in [6.07, 6.45) is 4.12. The molecule has 0 unspecified atom stereocenters. The SMILES string of the molecule is C[C@H]1Cc2cc(/C=C(/C#N)C(=O)NCc3ccco3)ccc2O1. The fraction of sp³-hybridized carbons (Fsp3) is 0.222. The first kappa shape index (κ1) is 14.9. The molecule has 0 saturated carbocycles. The zero-order valence-electron chi connectivity index (χ0n) is 12.7. The van der Waals surface area contributed by atoms with E-state index in [4.69, 9.17) is 9.15 Å². The number of fused-ring (bicyclic) bond motifs is 1. The molecule has 1 atom stereocenters. The number of nitrogens with one attached hydrogen (secondary N) is 1. The number of carbonyl (C=O) groups excluding carboxylic acids is 1. The van der Waals surface area contributed by atoms with Crippen molar-refractivity contribution in [2.24, 2.45) is 0 Å². The van der Waals surface area contributed by atoms with Crippen molar-refractivity contribution in [2.45, 2.75) is 26.0 Å². The van der Waals surface area contributed by atoms with Gasteiger partial charge in [0.15, 0.2) is 0 Å². The highest BCUT2D eigenvalue weighted by Crippen LogP contribution is 2.29. The summed E-state index contributed by atoms with van der Waals surface area (Å²) in [6.45, 7) is 2.26. The molecule has 0 aliphatic carbocycles. The molecule has 5 heteroatoms. The first-order valence-corrected chi connectivity index (χ1v) is 7.37. The van der Waals surface area contributed by atoms with Gasteiger partial charge in [-0.3, -0.25) is 4.79 Å². The quantitative estimate of drug-likeness (QED) is 0.696. The third-order valence-electron chi connectivity index (χ3n) is 3.60. The minimum Gasteiger partial charge on any atom is -0.490 e. The molecule has 0 spiro atoms. The fourth-order valence-corrected chi connectivity index (χ4v) is 2.52. The molecule has 0 radical (unpaired) electrons. The van der Waals surface area contributed by atoms with E-state index in [-0.39, 0.29) is 18.2 Å². The Hall–Kier alpha value is -3.00. The van der Waals surface area contributed by atoms with Gasteiger partial charge in [0.25, 0.3) is 5.91 Å². The molecular weight excluding hydrogens is 292 g/mol. The molecule has 1 aromatic carbocycles. The summed E-state index contributed by atoms with van der Waals surface area (Å²) in [5.41, 5.74) is 1.97. The standard InChI is InChI=1S/C18H16N2O3/c1-12-7-14-8-13(4-5-17(14)23-12)9-15(10-19)18(21)20-11-16-3-2-6-22-16/h2-6,8-9,12H,7,11H2,1H3,(H,20,21)/b15-9-/t12-/m0/s1. The number of nitrogens with zero attached hydrogens (tertiary/aromatic N) is 1. The van der Waals surface area contributed by atoms with E-state index in [2.05, 4.69) is 5.32 Å². The van der Waals surface area contributed by atoms with Crippen LogP contribution in [0.2, 0.25) is 0 Å². The smallest absolute Gasteiger partial charge is 0.262 e. The first-order valence-electron chi connectivity index (χ1n) is 7.37. The van der Waals surface area contributed by atoms with E-state index in [9.17, 15) is 10.1 Å². The highest BCUT2D eigenvalue weighted by Gasteiger charge is 2.19. The molecule has 1 amide bonds. The maximum atomic E-state index is 12.1. The maximum absolute atomic E-state index is 12.1. The minimum absolute atomic E-state index is 0.0588. The molecule has 1 N–H and O–H groups in total. The molecule has 2 heterocycles. The van der Waals surface area contributed by atoms with Crippen molar-refractivity contribution in [1.82, 2.24) is 5.32 Å². The van der Waals surface area contributed by atoms with Gasteiger partial charge in [-0.1, -0.05) is 6.07 Å². The van der Waals surface area contributed by atoms with Gasteiger partial charge in [-0.15, -0.1) is 0 Å². The maximum Gasteiger partial charge on any atom is 0.262 e. The molecule has 1 aromatic heterocycles. The lowest BCUT2D eigenvalue weighted by Crippen LogP contribution is -2.23. The predicted molar refractivity (Wildman–Crippen MR) is 84.4 cm³/mol. The highest BCUT2D eigenvalue weighted by atomic mass is 16.5. The Morgan fingerprint density at radius 3 is 3.09 bits per heavy atom. The fourth-order valence-electron chi connectivity index (χ4n) is 2.52. The van der Waals surface area contributed by atoms with Crippen LogP contribution < -0.4 is 10.1 Å². The molecule has 1 aliphatic heterocycles. The van der Waals surface area contributed by atoms with Gasteiger partial charge in [-0.25, -0.2) is 0 Å². The molecule has 5 nitrogen and oxygen atoms in total. The number of carbonyl (C=O) groups is 1. The molecule has 116 valence electrons. The average molecular weight is 308 g/mol. The lowest BCUT2D eigenvalue weighted by molar-refractivity contribution is -0.117. The van der Waals surface area contributed by atoms with Gasteiger partial charge < -0.3 is 14.5 Å². The number of ether oxygens (including phenoxy) is 1. The largest absolute Gasteiger partial charge is 0.490 e. The number of benzene rings is 1. The van der Waals surface area contributed by atoms with Crippen LogP contribution in [0.5, 0.6) is 5.75 Å². The van der Waals surface area contributed by atoms with Crippen molar-refractivity contribution in [1.29, 1.82) is 5.26 Å². The predicted octanol–water partition coefficient (Wildman–Crippen LogP) is 2.83. The van der Waals surface area contributed by atoms with Crippen LogP contribution in [0, 0.1) is 11.3 Å². The third-order valence-corrected chi connectivity index (χ3v) is 3.60. The third kappa shape index (κ3) is 3.43. The second-order valence-corrected chi connectivity index (χ2v) is 5.43. The van der Waals surface area contributed by atoms with Crippen LogP contribution in [0.1, 0.15) is 23.8 Å². The van der Waals surface area contributed by atoms with Crippen molar-refractivity contribution >= 4 is 12.0 Å². The van der Waals surface area contributed by atoms with Crippen LogP contribution in [-0.2, 0) is 17.8 Å². The average Bonchev–Trinajstić information content (AvgIpc) is 3.18. The molecule has 1 aliphatic rings. The van der Waals surface area contributed by atoms with Crippen molar-refractivity contribution in [2.75, 3.05) is 0 Å². The second kappa shape index (κ2) is 6.41. The molecule has 3 rings (SSSR count). The Balaban J connectivity index is 1.73. The lowest BCUT2D eigenvalue weighted by Gasteiger charge is -2.03. The van der Waals surface area contributed by atoms with Gasteiger partial charge in [0.2, 0.25) is 0 Å². The summed E-state index contributed by atoms with van der Waals surface area (Å²) in [4.78, 5) is 12.1. The van der Waals surface area contributed by atoms with Gasteiger partial charge in [0.1, 0.15) is 29.3 Å². The number of amides is 1. The molecular formula is C18H16N2O3. The van der Waals surface area contributed by atoms with Gasteiger partial charge in [0.05, 0.1) is 12.8 Å². The number of furan rings is 1. The van der Waals surface area contributed by atoms with E-state index in [1.54, 1.807) is 18.2 Å². The van der Waals surface area contributed by atoms with Crippen LogP contribution in [-0.4, -0.2) is 12.0 Å². The Morgan fingerprint density at radius 2 is 2.35 bits per heavy atom. The van der Waals surface area contributed by atoms with Gasteiger partial charge in [0, 0.05) is 6.42 Å². The normalized spacial score (nSPS) is 16.3. The van der Waals surface area contributed by atoms with E-state index in [1.165, 1.54) is 6.26 Å². The summed E-state index contributed by atoms with van der Waals surface area (Å²) in [6, 6.07) is 11.1. The van der Waals surface area contributed by atoms with Crippen LogP contribution >= 0.6 is 0 Å². The summed E-state index contributed by atoms with van der Waals surface area (Å²) in [7, 11) is 0. The van der Waals surface area contributed by atoms with Crippen LogP contribution in [0.15, 0.2) is 46.6 Å². The molecule has 0 fully saturated rings. The summed E-state index contributed by atoms with van der Waals surface area (Å²) < 4.78 is 10.8. The summed E-state index contributed by atoms with van der Waals surface area (Å²) in [5.74, 6) is 1.09. The number of nitriles is 1. The number of hydrogen-bond donors (Lipinski definition) is 1. The van der Waals surface area contributed by atoms with Gasteiger partial charge >= 0.3 is 0 Å². The van der Waals surface area contributed by atoms with Crippen molar-refractivity contribution < 1.29 is 13.9 Å². The lowest BCUT2D eigenvalue weighted by atomic mass is 10.0. The number of rotatable bonds is 4. The van der Waals surface area contributed by atoms with E-state index in [1.807, 2.05) is 31.2 Å². The zero-order valence-corrected chi connectivity index (χ0v) is 12.7. The molecule has 2 aromatic rings. The minimum atomic E-state index is -0.422. The zero-order chi connectivity index (χ0) is 16.2. The van der Waals surface area contributed by atoms with Crippen molar-refractivity contribution in [3.63, 3.8) is 0 Å². The Bertz CT molecular complexity index is 785. The second-order valence-electron chi connectivity index (χ2n) is 5.43. The van der Waals surface area contributed by atoms with E-state index < -0.39 is 5.91 Å². The van der Waals surface area contributed by atoms with E-state index in [0.717, 1.165) is 23.3 Å². The van der Waals surface area contributed by atoms with Crippen molar-refractivity contribution in [3.8, 4) is 11.8 Å². The topological polar surface area (TPSA) is 75.3 Å². The van der Waals surface area contributed by atoms with Crippen LogP contribution in [0.25, 0.3) is 6.08 Å². The summed E-state index contributed by atoms with van der Waals surface area (Å²) >= 11 is 0. The number of hydrogen-bond acceptors (Lipinski definition) is 4. The Labute approximate surface area is 134 Å². The van der Waals surface area contributed by atoms with Gasteiger partial charge in [-0.2, -0.15) is 5.26 Å².